The highest BCUT2D eigenvalue weighted by Crippen LogP contribution is 2.28. The van der Waals surface area contributed by atoms with Crippen molar-refractivity contribution in [3.05, 3.63) is 53.0 Å². The first kappa shape index (κ1) is 24.7. The number of nitrogens with zero attached hydrogens (tertiary/aromatic N) is 2. The molecule has 1 aliphatic rings. The molecule has 3 aromatic rings. The lowest BCUT2D eigenvalue weighted by Gasteiger charge is -2.27. The maximum atomic E-state index is 13.3. The summed E-state index contributed by atoms with van der Waals surface area (Å²) in [6.45, 7) is 2.30. The van der Waals surface area contributed by atoms with Crippen molar-refractivity contribution in [1.29, 1.82) is 0 Å². The largest absolute Gasteiger partial charge is 0.469 e. The van der Waals surface area contributed by atoms with E-state index in [2.05, 4.69) is 5.32 Å². The van der Waals surface area contributed by atoms with Crippen LogP contribution in [-0.4, -0.2) is 48.3 Å². The Morgan fingerprint density at radius 2 is 1.94 bits per heavy atom. The van der Waals surface area contributed by atoms with Crippen molar-refractivity contribution >= 4 is 51.3 Å². The normalized spacial score (nSPS) is 17.7. The van der Waals surface area contributed by atoms with Crippen LogP contribution in [0.5, 0.6) is 0 Å². The van der Waals surface area contributed by atoms with Crippen molar-refractivity contribution < 1.29 is 23.9 Å². The maximum absolute atomic E-state index is 13.3. The minimum Gasteiger partial charge on any atom is -0.469 e. The fraction of sp³-hybridized carbons (Fsp3) is 0.385. The monoisotopic (exact) mass is 495 g/mol. The van der Waals surface area contributed by atoms with Crippen LogP contribution in [-0.2, 0) is 20.9 Å². The van der Waals surface area contributed by atoms with Gasteiger partial charge in [-0.25, -0.2) is 0 Å². The molecule has 8 nitrogen and oxygen atoms in total. The average molecular weight is 496 g/mol. The molecule has 1 aromatic carbocycles. The first-order valence-corrected chi connectivity index (χ1v) is 12.6. The van der Waals surface area contributed by atoms with Crippen LogP contribution in [0.25, 0.3) is 10.2 Å². The summed E-state index contributed by atoms with van der Waals surface area (Å²) in [6, 6.07) is 10.6. The molecule has 184 valence electrons. The molecule has 4 rings (SSSR count). The number of aldehydes is 1. The van der Waals surface area contributed by atoms with Crippen LogP contribution < -0.4 is 10.2 Å². The summed E-state index contributed by atoms with van der Waals surface area (Å²) >= 11 is 1.52. The lowest BCUT2D eigenvalue weighted by molar-refractivity contribution is -0.146. The average Bonchev–Trinajstić information content (AvgIpc) is 3.47. The zero-order valence-corrected chi connectivity index (χ0v) is 20.7. The van der Waals surface area contributed by atoms with Gasteiger partial charge in [-0.2, -0.15) is 0 Å². The van der Waals surface area contributed by atoms with Gasteiger partial charge in [-0.15, -0.1) is 11.3 Å². The Labute approximate surface area is 207 Å². The number of nitrogens with one attached hydrogen (secondary N) is 1. The molecule has 1 aliphatic carbocycles. The zero-order valence-electron chi connectivity index (χ0n) is 19.9. The molecule has 0 atom stereocenters. The van der Waals surface area contributed by atoms with E-state index in [1.54, 1.807) is 33.7 Å². The minimum atomic E-state index is -0.228. The highest BCUT2D eigenvalue weighted by Gasteiger charge is 2.29. The fourth-order valence-corrected chi connectivity index (χ4v) is 5.55. The van der Waals surface area contributed by atoms with Gasteiger partial charge in [-0.1, -0.05) is 12.1 Å². The van der Waals surface area contributed by atoms with Gasteiger partial charge in [0.2, 0.25) is 5.91 Å². The third kappa shape index (κ3) is 5.30. The van der Waals surface area contributed by atoms with E-state index in [0.717, 1.165) is 16.5 Å². The summed E-state index contributed by atoms with van der Waals surface area (Å²) in [4.78, 5) is 51.2. The van der Waals surface area contributed by atoms with E-state index in [1.807, 2.05) is 24.4 Å². The molecule has 2 amide bonds. The predicted molar refractivity (Wildman–Crippen MR) is 135 cm³/mol. The van der Waals surface area contributed by atoms with Crippen LogP contribution in [0, 0.1) is 5.92 Å². The van der Waals surface area contributed by atoms with Crippen molar-refractivity contribution in [2.24, 2.45) is 5.92 Å². The molecule has 0 unspecified atom stereocenters. The number of amides is 2. The highest BCUT2D eigenvalue weighted by molar-refractivity contribution is 7.17. The Balaban J connectivity index is 1.52. The Bertz CT molecular complexity index is 1240. The molecule has 1 saturated carbocycles. The molecule has 1 N–H and O–H groups in total. The van der Waals surface area contributed by atoms with Crippen LogP contribution in [0.1, 0.15) is 53.5 Å². The number of carbonyl (C=O) groups excluding carboxylic acids is 4. The van der Waals surface area contributed by atoms with Crippen LogP contribution in [0.15, 0.2) is 41.8 Å². The standard InChI is InChI=1S/C26H29N3O5S/c1-3-28(20-6-4-5-17(13-20)16-30)24(31)15-29-21-11-12-35-23(21)14-22(29)25(32)27-19-9-7-18(8-10-19)26(33)34-2/h4-6,11-14,16,18-19H,3,7-10,15H2,1-2H3,(H,27,32). The first-order valence-electron chi connectivity index (χ1n) is 11.8. The summed E-state index contributed by atoms with van der Waals surface area (Å²) in [7, 11) is 1.40. The van der Waals surface area contributed by atoms with Crippen molar-refractivity contribution in [2.75, 3.05) is 18.6 Å². The first-order chi connectivity index (χ1) is 16.9. The van der Waals surface area contributed by atoms with Gasteiger partial charge in [-0.3, -0.25) is 19.2 Å². The quantitative estimate of drug-likeness (QED) is 0.376. The molecule has 0 radical (unpaired) electrons. The fourth-order valence-electron chi connectivity index (χ4n) is 4.72. The van der Waals surface area contributed by atoms with E-state index in [0.29, 0.717) is 49.2 Å². The Kier molecular flexibility index (Phi) is 7.65. The van der Waals surface area contributed by atoms with Gasteiger partial charge in [-0.05, 0) is 62.3 Å². The molecule has 35 heavy (non-hydrogen) atoms. The number of ether oxygens (including phenoxy) is 1. The number of hydrogen-bond acceptors (Lipinski definition) is 6. The molecule has 0 bridgehead atoms. The molecule has 1 fully saturated rings. The number of benzene rings is 1. The van der Waals surface area contributed by atoms with Gasteiger partial charge in [0.05, 0.1) is 23.2 Å². The summed E-state index contributed by atoms with van der Waals surface area (Å²) in [6.07, 6.45) is 3.52. The van der Waals surface area contributed by atoms with Crippen LogP contribution >= 0.6 is 11.3 Å². The number of thiophene rings is 1. The van der Waals surface area contributed by atoms with Gasteiger partial charge < -0.3 is 19.5 Å². The second-order valence-electron chi connectivity index (χ2n) is 8.68. The molecule has 0 spiro atoms. The smallest absolute Gasteiger partial charge is 0.308 e. The van der Waals surface area contributed by atoms with Gasteiger partial charge >= 0.3 is 5.97 Å². The third-order valence-corrected chi connectivity index (χ3v) is 7.43. The molecule has 2 heterocycles. The van der Waals surface area contributed by atoms with Crippen molar-refractivity contribution in [1.82, 2.24) is 9.88 Å². The van der Waals surface area contributed by atoms with Crippen LogP contribution in [0.2, 0.25) is 0 Å². The van der Waals surface area contributed by atoms with E-state index in [9.17, 15) is 19.2 Å². The second kappa shape index (κ2) is 10.9. The molecular formula is C26H29N3O5S. The van der Waals surface area contributed by atoms with Crippen LogP contribution in [0.3, 0.4) is 0 Å². The highest BCUT2D eigenvalue weighted by atomic mass is 32.1. The number of esters is 1. The second-order valence-corrected chi connectivity index (χ2v) is 9.63. The Morgan fingerprint density at radius 3 is 2.63 bits per heavy atom. The minimum absolute atomic E-state index is 0.00275. The summed E-state index contributed by atoms with van der Waals surface area (Å²) < 4.78 is 7.54. The van der Waals surface area contributed by atoms with E-state index < -0.39 is 0 Å². The van der Waals surface area contributed by atoms with Crippen molar-refractivity contribution in [3.63, 3.8) is 0 Å². The summed E-state index contributed by atoms with van der Waals surface area (Å²) in [5.41, 5.74) is 2.41. The third-order valence-electron chi connectivity index (χ3n) is 6.58. The van der Waals surface area contributed by atoms with E-state index >= 15 is 0 Å². The lowest BCUT2D eigenvalue weighted by atomic mass is 9.86. The van der Waals surface area contributed by atoms with Gasteiger partial charge in [0, 0.05) is 23.8 Å². The number of methoxy groups -OCH3 is 1. The topological polar surface area (TPSA) is 97.7 Å². The van der Waals surface area contributed by atoms with Crippen molar-refractivity contribution in [3.8, 4) is 0 Å². The number of likely N-dealkylation sites (N-methyl/N-ethyl adjacent to an activating group) is 1. The van der Waals surface area contributed by atoms with E-state index in [4.69, 9.17) is 4.74 Å². The van der Waals surface area contributed by atoms with Gasteiger partial charge in [0.25, 0.3) is 5.91 Å². The number of rotatable bonds is 8. The molecule has 2 aromatic heterocycles. The van der Waals surface area contributed by atoms with E-state index in [-0.39, 0.29) is 36.3 Å². The van der Waals surface area contributed by atoms with Gasteiger partial charge in [0.15, 0.2) is 0 Å². The summed E-state index contributed by atoms with van der Waals surface area (Å²) in [5, 5.41) is 5.03. The zero-order chi connectivity index (χ0) is 24.9. The number of anilines is 1. The number of hydrogen-bond donors (Lipinski definition) is 1. The van der Waals surface area contributed by atoms with E-state index in [1.165, 1.54) is 18.4 Å². The predicted octanol–water partition coefficient (Wildman–Crippen LogP) is 4.03. The number of aromatic nitrogens is 1. The SMILES string of the molecule is CCN(C(=O)Cn1c(C(=O)NC2CCC(C(=O)OC)CC2)cc2sccc21)c1cccc(C=O)c1. The molecule has 0 aliphatic heterocycles. The Morgan fingerprint density at radius 1 is 1.17 bits per heavy atom. The number of fused-ring (bicyclic) bond motifs is 1. The molecule has 0 saturated heterocycles. The Hall–Kier alpha value is -3.46. The van der Waals surface area contributed by atoms with Crippen molar-refractivity contribution in [2.45, 2.75) is 45.2 Å². The lowest BCUT2D eigenvalue weighted by Crippen LogP contribution is -2.40. The number of carbonyl (C=O) groups is 4. The molecule has 9 heteroatoms. The summed E-state index contributed by atoms with van der Waals surface area (Å²) in [5.74, 6) is -0.708. The maximum Gasteiger partial charge on any atom is 0.308 e. The molecular weight excluding hydrogens is 466 g/mol. The van der Waals surface area contributed by atoms with Gasteiger partial charge in [0.1, 0.15) is 18.5 Å². The van der Waals surface area contributed by atoms with Crippen LogP contribution in [0.4, 0.5) is 5.69 Å².